The fourth-order valence-corrected chi connectivity index (χ4v) is 3.96. The van der Waals surface area contributed by atoms with Gasteiger partial charge in [-0.15, -0.1) is 0 Å². The molecule has 0 bridgehead atoms. The molecule has 0 unspecified atom stereocenters. The minimum Gasteiger partial charge on any atom is -0.452 e. The lowest BCUT2D eigenvalue weighted by atomic mass is 9.97. The molecule has 0 aromatic heterocycles. The van der Waals surface area contributed by atoms with Crippen molar-refractivity contribution in [1.82, 2.24) is 5.32 Å². The Morgan fingerprint density at radius 2 is 1.72 bits per heavy atom. The first-order valence-corrected chi connectivity index (χ1v) is 10.7. The maximum absolute atomic E-state index is 12.7. The molecule has 2 aromatic carbocycles. The monoisotopic (exact) mass is 432 g/mol. The number of nitrogens with zero attached hydrogens (tertiary/aromatic N) is 1. The van der Waals surface area contributed by atoms with E-state index in [0.717, 1.165) is 24.2 Å². The van der Waals surface area contributed by atoms with Gasteiger partial charge in [0, 0.05) is 6.54 Å². The molecule has 3 amide bonds. The van der Waals surface area contributed by atoms with Crippen LogP contribution in [0, 0.1) is 0 Å². The molecule has 1 N–H and O–H groups in total. The van der Waals surface area contributed by atoms with Gasteiger partial charge in [-0.2, -0.15) is 0 Å². The van der Waals surface area contributed by atoms with Gasteiger partial charge in [0.05, 0.1) is 22.4 Å². The molecule has 0 saturated carbocycles. The van der Waals surface area contributed by atoms with Crippen molar-refractivity contribution in [1.29, 1.82) is 0 Å². The van der Waals surface area contributed by atoms with Crippen molar-refractivity contribution in [3.8, 4) is 0 Å². The van der Waals surface area contributed by atoms with Crippen LogP contribution in [0.4, 0.5) is 5.69 Å². The summed E-state index contributed by atoms with van der Waals surface area (Å²) in [6.07, 6.45) is 7.63. The van der Waals surface area contributed by atoms with Crippen LogP contribution in [0.3, 0.4) is 0 Å². The van der Waals surface area contributed by atoms with Gasteiger partial charge in [-0.25, -0.2) is 9.69 Å². The largest absolute Gasteiger partial charge is 0.452 e. The predicted molar refractivity (Wildman–Crippen MR) is 118 cm³/mol. The third-order valence-electron chi connectivity index (χ3n) is 5.62. The normalized spacial score (nSPS) is 15.2. The Morgan fingerprint density at radius 3 is 2.41 bits per heavy atom. The minimum atomic E-state index is -0.700. The summed E-state index contributed by atoms with van der Waals surface area (Å²) in [6, 6.07) is 12.6. The van der Waals surface area contributed by atoms with E-state index in [9.17, 15) is 19.2 Å². The number of carbonyl (C=O) groups excluding carboxylic acids is 4. The predicted octanol–water partition coefficient (Wildman–Crippen LogP) is 3.65. The molecule has 7 heteroatoms. The summed E-state index contributed by atoms with van der Waals surface area (Å²) >= 11 is 0. The number of nitrogens with one attached hydrogen (secondary N) is 1. The first kappa shape index (κ1) is 21.5. The Bertz CT molecular complexity index is 1070. The van der Waals surface area contributed by atoms with Crippen LogP contribution in [0.5, 0.6) is 0 Å². The van der Waals surface area contributed by atoms with Crippen LogP contribution in [0.2, 0.25) is 0 Å². The number of amides is 3. The Morgan fingerprint density at radius 1 is 0.969 bits per heavy atom. The van der Waals surface area contributed by atoms with E-state index in [1.807, 2.05) is 0 Å². The summed E-state index contributed by atoms with van der Waals surface area (Å²) < 4.78 is 5.11. The van der Waals surface area contributed by atoms with Crippen LogP contribution >= 0.6 is 0 Å². The second-order valence-electron chi connectivity index (χ2n) is 7.83. The number of hydrogen-bond acceptors (Lipinski definition) is 5. The summed E-state index contributed by atoms with van der Waals surface area (Å²) in [5.74, 6) is -1.95. The number of anilines is 1. The minimum absolute atomic E-state index is 0.152. The van der Waals surface area contributed by atoms with E-state index in [1.54, 1.807) is 36.4 Å². The highest BCUT2D eigenvalue weighted by molar-refractivity contribution is 6.34. The van der Waals surface area contributed by atoms with E-state index >= 15 is 0 Å². The molecular weight excluding hydrogens is 408 g/mol. The van der Waals surface area contributed by atoms with Crippen LogP contribution in [-0.4, -0.2) is 36.8 Å². The van der Waals surface area contributed by atoms with Crippen LogP contribution in [0.25, 0.3) is 0 Å². The number of fused-ring (bicyclic) bond motifs is 1. The highest BCUT2D eigenvalue weighted by Gasteiger charge is 2.36. The Kier molecular flexibility index (Phi) is 6.44. The van der Waals surface area contributed by atoms with Gasteiger partial charge in [0.1, 0.15) is 0 Å². The van der Waals surface area contributed by atoms with Crippen molar-refractivity contribution in [2.45, 2.75) is 32.1 Å². The van der Waals surface area contributed by atoms with Crippen molar-refractivity contribution in [2.24, 2.45) is 0 Å². The van der Waals surface area contributed by atoms with Gasteiger partial charge in [-0.1, -0.05) is 29.8 Å². The first-order valence-electron chi connectivity index (χ1n) is 10.7. The zero-order chi connectivity index (χ0) is 22.5. The summed E-state index contributed by atoms with van der Waals surface area (Å²) in [7, 11) is 0. The molecule has 2 aromatic rings. The zero-order valence-corrected chi connectivity index (χ0v) is 17.6. The van der Waals surface area contributed by atoms with Crippen molar-refractivity contribution in [3.05, 3.63) is 76.9 Å². The van der Waals surface area contributed by atoms with E-state index in [0.29, 0.717) is 17.7 Å². The molecule has 4 rings (SSSR count). The summed E-state index contributed by atoms with van der Waals surface area (Å²) in [4.78, 5) is 50.8. The third kappa shape index (κ3) is 4.61. The average Bonchev–Trinajstić information content (AvgIpc) is 3.08. The molecular formula is C25H24N2O5. The van der Waals surface area contributed by atoms with Crippen molar-refractivity contribution in [2.75, 3.05) is 18.1 Å². The molecule has 0 saturated heterocycles. The van der Waals surface area contributed by atoms with E-state index in [-0.39, 0.29) is 17.2 Å². The van der Waals surface area contributed by atoms with Crippen LogP contribution in [0.15, 0.2) is 60.2 Å². The standard InChI is InChI=1S/C25H24N2O5/c28-22(26-14-13-17-7-2-1-3-8-17)16-32-25(31)18-9-6-10-19(15-18)27-23(29)20-11-4-5-12-21(20)24(27)30/h4-7,9-12,15H,1-3,8,13-14,16H2,(H,26,28). The molecule has 2 aliphatic rings. The summed E-state index contributed by atoms with van der Waals surface area (Å²) in [5, 5.41) is 2.76. The Balaban J connectivity index is 1.33. The smallest absolute Gasteiger partial charge is 0.338 e. The fraction of sp³-hybridized carbons (Fsp3) is 0.280. The van der Waals surface area contributed by atoms with Gasteiger partial charge in [-0.05, 0) is 62.4 Å². The van der Waals surface area contributed by atoms with E-state index in [1.165, 1.54) is 30.5 Å². The van der Waals surface area contributed by atoms with Crippen molar-refractivity contribution >= 4 is 29.4 Å². The topological polar surface area (TPSA) is 92.8 Å². The number of imide groups is 1. The van der Waals surface area contributed by atoms with E-state index in [4.69, 9.17) is 4.74 Å². The molecule has 1 aliphatic carbocycles. The third-order valence-corrected chi connectivity index (χ3v) is 5.62. The van der Waals surface area contributed by atoms with Crippen LogP contribution in [-0.2, 0) is 9.53 Å². The quantitative estimate of drug-likeness (QED) is 0.410. The molecule has 0 radical (unpaired) electrons. The van der Waals surface area contributed by atoms with E-state index in [2.05, 4.69) is 11.4 Å². The zero-order valence-electron chi connectivity index (χ0n) is 17.6. The Labute approximate surface area is 186 Å². The van der Waals surface area contributed by atoms with Crippen LogP contribution in [0.1, 0.15) is 63.2 Å². The maximum Gasteiger partial charge on any atom is 0.338 e. The van der Waals surface area contributed by atoms with Gasteiger partial charge < -0.3 is 10.1 Å². The molecule has 32 heavy (non-hydrogen) atoms. The average molecular weight is 432 g/mol. The summed E-state index contributed by atoms with van der Waals surface area (Å²) in [6.45, 7) is 0.118. The van der Waals surface area contributed by atoms with Gasteiger partial charge in [0.15, 0.2) is 6.61 Å². The highest BCUT2D eigenvalue weighted by atomic mass is 16.5. The van der Waals surface area contributed by atoms with Crippen LogP contribution < -0.4 is 10.2 Å². The molecule has 0 spiro atoms. The summed E-state index contributed by atoms with van der Waals surface area (Å²) in [5.41, 5.74) is 2.44. The number of hydrogen-bond donors (Lipinski definition) is 1. The number of ether oxygens (including phenoxy) is 1. The molecule has 7 nitrogen and oxygen atoms in total. The lowest BCUT2D eigenvalue weighted by molar-refractivity contribution is -0.124. The molecule has 0 fully saturated rings. The number of rotatable bonds is 7. The van der Waals surface area contributed by atoms with Gasteiger partial charge in [0.25, 0.3) is 17.7 Å². The number of benzene rings is 2. The van der Waals surface area contributed by atoms with Gasteiger partial charge in [-0.3, -0.25) is 14.4 Å². The molecule has 164 valence electrons. The van der Waals surface area contributed by atoms with Crippen molar-refractivity contribution in [3.63, 3.8) is 0 Å². The number of esters is 1. The lowest BCUT2D eigenvalue weighted by Gasteiger charge is -2.15. The van der Waals surface area contributed by atoms with Gasteiger partial charge in [0.2, 0.25) is 0 Å². The SMILES string of the molecule is O=C(COC(=O)c1cccc(N2C(=O)c3ccccc3C2=O)c1)NCCC1=CCCCC1. The molecule has 1 heterocycles. The van der Waals surface area contributed by atoms with E-state index < -0.39 is 24.4 Å². The molecule has 0 atom stereocenters. The first-order chi connectivity index (χ1) is 15.5. The lowest BCUT2D eigenvalue weighted by Crippen LogP contribution is -2.30. The Hall–Kier alpha value is -3.74. The second kappa shape index (κ2) is 9.60. The fourth-order valence-electron chi connectivity index (χ4n) is 3.96. The molecule has 1 aliphatic heterocycles. The van der Waals surface area contributed by atoms with Crippen molar-refractivity contribution < 1.29 is 23.9 Å². The number of allylic oxidation sites excluding steroid dienone is 1. The maximum atomic E-state index is 12.7. The van der Waals surface area contributed by atoms with Gasteiger partial charge >= 0.3 is 5.97 Å². The highest BCUT2D eigenvalue weighted by Crippen LogP contribution is 2.28. The number of carbonyl (C=O) groups is 4. The second-order valence-corrected chi connectivity index (χ2v) is 7.83.